The van der Waals surface area contributed by atoms with Gasteiger partial charge in [-0.1, -0.05) is 6.07 Å². The highest BCUT2D eigenvalue weighted by Gasteiger charge is 2.32. The van der Waals surface area contributed by atoms with Gasteiger partial charge in [0, 0.05) is 13.1 Å². The van der Waals surface area contributed by atoms with Gasteiger partial charge in [-0.3, -0.25) is 0 Å². The van der Waals surface area contributed by atoms with Gasteiger partial charge in [0.2, 0.25) is 10.0 Å². The van der Waals surface area contributed by atoms with Crippen LogP contribution in [0.5, 0.6) is 0 Å². The first-order chi connectivity index (χ1) is 9.67. The van der Waals surface area contributed by atoms with Gasteiger partial charge in [-0.15, -0.1) is 0 Å². The number of rotatable bonds is 3. The Hall–Kier alpha value is -0.960. The normalized spacial score (nSPS) is 19.6. The summed E-state index contributed by atoms with van der Waals surface area (Å²) in [6.45, 7) is 3.23. The Morgan fingerprint density at radius 3 is 2.24 bits per heavy atom. The second-order valence-corrected chi connectivity index (χ2v) is 9.47. The van der Waals surface area contributed by atoms with Crippen molar-refractivity contribution in [2.75, 3.05) is 24.6 Å². The molecule has 1 aromatic rings. The molecule has 0 radical (unpaired) electrons. The molecular weight excluding hydrogens is 314 g/mol. The average Bonchev–Trinajstić information content (AvgIpc) is 2.38. The Labute approximate surface area is 125 Å². The minimum Gasteiger partial charge on any atom is -0.392 e. The minimum atomic E-state index is -3.73. The van der Waals surface area contributed by atoms with Crippen LogP contribution in [0.2, 0.25) is 0 Å². The number of sulfonamides is 1. The largest absolute Gasteiger partial charge is 0.392 e. The molecule has 0 bridgehead atoms. The first kappa shape index (κ1) is 16.4. The van der Waals surface area contributed by atoms with Crippen LogP contribution in [0, 0.1) is 13.8 Å². The molecule has 1 aromatic carbocycles. The van der Waals surface area contributed by atoms with Gasteiger partial charge in [0.05, 0.1) is 23.0 Å². The van der Waals surface area contributed by atoms with Crippen molar-refractivity contribution in [3.8, 4) is 0 Å². The molecule has 0 spiro atoms. The third kappa shape index (κ3) is 3.28. The smallest absolute Gasteiger partial charge is 0.243 e. The number of nitrogens with zero attached hydrogens (tertiary/aromatic N) is 1. The van der Waals surface area contributed by atoms with Crippen LogP contribution in [0.15, 0.2) is 17.0 Å². The fourth-order valence-electron chi connectivity index (χ4n) is 2.40. The Morgan fingerprint density at radius 1 is 1.14 bits per heavy atom. The zero-order chi connectivity index (χ0) is 15.8. The van der Waals surface area contributed by atoms with Gasteiger partial charge in [0.25, 0.3) is 0 Å². The summed E-state index contributed by atoms with van der Waals surface area (Å²) in [5.41, 5.74) is 1.98. The van der Waals surface area contributed by atoms with E-state index in [1.54, 1.807) is 13.0 Å². The maximum atomic E-state index is 12.6. The van der Waals surface area contributed by atoms with Gasteiger partial charge >= 0.3 is 0 Å². The fourth-order valence-corrected chi connectivity index (χ4v) is 5.53. The SMILES string of the molecule is Cc1cc(C)c(S(=O)(=O)N2CCS(=O)(=O)CC2)cc1CO. The third-order valence-corrected chi connectivity index (χ3v) is 7.37. The monoisotopic (exact) mass is 333 g/mol. The summed E-state index contributed by atoms with van der Waals surface area (Å²) in [7, 11) is -6.87. The topological polar surface area (TPSA) is 91.8 Å². The summed E-state index contributed by atoms with van der Waals surface area (Å²) in [5.74, 6) is -0.298. The molecule has 6 nitrogen and oxygen atoms in total. The standard InChI is InChI=1S/C13H19NO5S2/c1-10-7-11(2)13(8-12(10)9-15)21(18,19)14-3-5-20(16,17)6-4-14/h7-8,15H,3-6,9H2,1-2H3. The molecule has 1 aliphatic rings. The molecule has 0 saturated carbocycles. The highest BCUT2D eigenvalue weighted by Crippen LogP contribution is 2.25. The van der Waals surface area contributed by atoms with Crippen LogP contribution in [0.1, 0.15) is 16.7 Å². The molecule has 21 heavy (non-hydrogen) atoms. The van der Waals surface area contributed by atoms with Crippen molar-refractivity contribution in [2.45, 2.75) is 25.3 Å². The molecule has 0 atom stereocenters. The quantitative estimate of drug-likeness (QED) is 0.854. The number of sulfone groups is 1. The number of hydrogen-bond acceptors (Lipinski definition) is 5. The van der Waals surface area contributed by atoms with E-state index in [0.29, 0.717) is 11.1 Å². The number of hydrogen-bond donors (Lipinski definition) is 1. The van der Waals surface area contributed by atoms with Crippen molar-refractivity contribution in [2.24, 2.45) is 0 Å². The van der Waals surface area contributed by atoms with Crippen molar-refractivity contribution >= 4 is 19.9 Å². The lowest BCUT2D eigenvalue weighted by Gasteiger charge is -2.27. The number of aryl methyl sites for hydroxylation is 2. The van der Waals surface area contributed by atoms with E-state index >= 15 is 0 Å². The molecular formula is C13H19NO5S2. The summed E-state index contributed by atoms with van der Waals surface area (Å²) in [6, 6.07) is 3.20. The number of aliphatic hydroxyl groups excluding tert-OH is 1. The fraction of sp³-hybridized carbons (Fsp3) is 0.538. The lowest BCUT2D eigenvalue weighted by Crippen LogP contribution is -2.43. The maximum absolute atomic E-state index is 12.6. The van der Waals surface area contributed by atoms with E-state index in [1.807, 2.05) is 6.92 Å². The second-order valence-electron chi connectivity index (χ2n) is 5.26. The lowest BCUT2D eigenvalue weighted by molar-refractivity contribution is 0.280. The molecule has 2 rings (SSSR count). The summed E-state index contributed by atoms with van der Waals surface area (Å²) >= 11 is 0. The van der Waals surface area contributed by atoms with Crippen molar-refractivity contribution in [3.63, 3.8) is 0 Å². The molecule has 8 heteroatoms. The molecule has 0 amide bonds. The third-order valence-electron chi connectivity index (χ3n) is 3.73. The summed E-state index contributed by atoms with van der Waals surface area (Å²) in [5, 5.41) is 9.29. The minimum absolute atomic E-state index is 0.0214. The number of benzene rings is 1. The lowest BCUT2D eigenvalue weighted by atomic mass is 10.1. The molecule has 118 valence electrons. The Kier molecular flexibility index (Phi) is 4.44. The van der Waals surface area contributed by atoms with E-state index in [4.69, 9.17) is 0 Å². The predicted molar refractivity (Wildman–Crippen MR) is 79.3 cm³/mol. The molecule has 1 aliphatic heterocycles. The molecule has 1 N–H and O–H groups in total. The first-order valence-corrected chi connectivity index (χ1v) is 9.85. The van der Waals surface area contributed by atoms with Crippen molar-refractivity contribution in [3.05, 3.63) is 28.8 Å². The van der Waals surface area contributed by atoms with Crippen LogP contribution in [-0.4, -0.2) is 50.8 Å². The predicted octanol–water partition coefficient (Wildman–Crippen LogP) is 0.215. The van der Waals surface area contributed by atoms with Crippen LogP contribution >= 0.6 is 0 Å². The van der Waals surface area contributed by atoms with Gasteiger partial charge in [-0.25, -0.2) is 16.8 Å². The van der Waals surface area contributed by atoms with E-state index in [1.165, 1.54) is 10.4 Å². The van der Waals surface area contributed by atoms with Crippen LogP contribution in [0.25, 0.3) is 0 Å². The summed E-state index contributed by atoms with van der Waals surface area (Å²) in [6.07, 6.45) is 0. The van der Waals surface area contributed by atoms with Crippen molar-refractivity contribution < 1.29 is 21.9 Å². The zero-order valence-electron chi connectivity index (χ0n) is 12.0. The van der Waals surface area contributed by atoms with E-state index in [9.17, 15) is 21.9 Å². The molecule has 1 fully saturated rings. The van der Waals surface area contributed by atoms with E-state index < -0.39 is 19.9 Å². The molecule has 1 heterocycles. The highest BCUT2D eigenvalue weighted by atomic mass is 32.2. The van der Waals surface area contributed by atoms with Crippen LogP contribution in [-0.2, 0) is 26.5 Å². The Morgan fingerprint density at radius 2 is 1.71 bits per heavy atom. The van der Waals surface area contributed by atoms with Crippen LogP contribution < -0.4 is 0 Å². The van der Waals surface area contributed by atoms with Crippen LogP contribution in [0.4, 0.5) is 0 Å². The first-order valence-electron chi connectivity index (χ1n) is 6.59. The number of aliphatic hydroxyl groups is 1. The van der Waals surface area contributed by atoms with Crippen molar-refractivity contribution in [1.82, 2.24) is 4.31 Å². The van der Waals surface area contributed by atoms with Crippen LogP contribution in [0.3, 0.4) is 0 Å². The highest BCUT2D eigenvalue weighted by molar-refractivity contribution is 7.92. The van der Waals surface area contributed by atoms with E-state index in [0.717, 1.165) is 5.56 Å². The van der Waals surface area contributed by atoms with Crippen molar-refractivity contribution in [1.29, 1.82) is 0 Å². The van der Waals surface area contributed by atoms with Gasteiger partial charge in [-0.2, -0.15) is 4.31 Å². The zero-order valence-corrected chi connectivity index (χ0v) is 13.7. The molecule has 0 aliphatic carbocycles. The van der Waals surface area contributed by atoms with Gasteiger partial charge in [0.15, 0.2) is 9.84 Å². The average molecular weight is 333 g/mol. The van der Waals surface area contributed by atoms with Gasteiger partial charge < -0.3 is 5.11 Å². The maximum Gasteiger partial charge on any atom is 0.243 e. The van der Waals surface area contributed by atoms with E-state index in [2.05, 4.69) is 0 Å². The second kappa shape index (κ2) is 5.68. The molecule has 1 saturated heterocycles. The van der Waals surface area contributed by atoms with E-state index in [-0.39, 0.29) is 36.1 Å². The summed E-state index contributed by atoms with van der Waals surface area (Å²) < 4.78 is 49.3. The van der Waals surface area contributed by atoms with Gasteiger partial charge in [-0.05, 0) is 36.6 Å². The Balaban J connectivity index is 2.41. The molecule has 0 aromatic heterocycles. The van der Waals surface area contributed by atoms with Gasteiger partial charge in [0.1, 0.15) is 0 Å². The Bertz CT molecular complexity index is 739. The molecule has 0 unspecified atom stereocenters. The summed E-state index contributed by atoms with van der Waals surface area (Å²) in [4.78, 5) is 0.136.